The molecule has 1 aromatic carbocycles. The van der Waals surface area contributed by atoms with Crippen molar-refractivity contribution in [3.63, 3.8) is 0 Å². The van der Waals surface area contributed by atoms with Gasteiger partial charge in [-0.25, -0.2) is 0 Å². The Hall–Kier alpha value is -3.05. The van der Waals surface area contributed by atoms with Crippen LogP contribution in [0.1, 0.15) is 52.5 Å². The van der Waals surface area contributed by atoms with Crippen molar-refractivity contribution in [1.82, 2.24) is 0 Å². The first-order chi connectivity index (χ1) is 16.6. The molecule has 0 fully saturated rings. The van der Waals surface area contributed by atoms with E-state index in [1.54, 1.807) is 32.1 Å². The lowest BCUT2D eigenvalue weighted by Gasteiger charge is -2.34. The van der Waals surface area contributed by atoms with E-state index in [1.807, 2.05) is 68.5 Å². The van der Waals surface area contributed by atoms with Crippen molar-refractivity contribution >= 4 is 5.57 Å². The van der Waals surface area contributed by atoms with Crippen molar-refractivity contribution in [2.75, 3.05) is 0 Å². The Morgan fingerprint density at radius 1 is 1.20 bits per heavy atom. The number of nitrogens with two attached hydrogens (primary N) is 1. The second-order valence-electron chi connectivity index (χ2n) is 8.27. The van der Waals surface area contributed by atoms with Crippen molar-refractivity contribution in [3.05, 3.63) is 114 Å². The molecule has 0 amide bonds. The molecule has 2 rings (SSSR count). The zero-order chi connectivity index (χ0) is 26.5. The standard InChI is InChI=1S/C28H32F3NO.C2H6/c1-4-11-22(12-5-2)17-26(32)20-27(33,28(29,30)31)19-21(3)24-15-9-10-16-25(18-24)23-13-7-6-8-14-23;1-2/h4-14,16-18,21,33H,1,15,19-20,32H2,2-3H3;1-2H3/b12-5-,22-11+,26-17-;. The molecule has 0 bridgehead atoms. The summed E-state index contributed by atoms with van der Waals surface area (Å²) in [5.74, 6) is -0.516. The Bertz CT molecular complexity index is 994. The summed E-state index contributed by atoms with van der Waals surface area (Å²) in [5.41, 5.74) is 6.29. The number of alkyl halides is 3. The van der Waals surface area contributed by atoms with Crippen LogP contribution in [0.3, 0.4) is 0 Å². The van der Waals surface area contributed by atoms with E-state index < -0.39 is 30.5 Å². The van der Waals surface area contributed by atoms with Crippen LogP contribution in [-0.2, 0) is 0 Å². The lowest BCUT2D eigenvalue weighted by Crippen LogP contribution is -2.47. The highest BCUT2D eigenvalue weighted by Crippen LogP contribution is 2.41. The molecule has 0 radical (unpaired) electrons. The summed E-state index contributed by atoms with van der Waals surface area (Å²) in [6, 6.07) is 9.67. The van der Waals surface area contributed by atoms with Gasteiger partial charge in [-0.2, -0.15) is 13.2 Å². The number of aliphatic hydroxyl groups is 1. The molecule has 0 heterocycles. The Balaban J connectivity index is 0.00000298. The van der Waals surface area contributed by atoms with Crippen LogP contribution in [0.25, 0.3) is 5.57 Å². The van der Waals surface area contributed by atoms with Gasteiger partial charge in [0, 0.05) is 12.1 Å². The molecule has 5 heteroatoms. The van der Waals surface area contributed by atoms with E-state index in [0.29, 0.717) is 12.0 Å². The molecule has 0 saturated carbocycles. The van der Waals surface area contributed by atoms with E-state index in [4.69, 9.17) is 5.73 Å². The van der Waals surface area contributed by atoms with Gasteiger partial charge < -0.3 is 10.8 Å². The van der Waals surface area contributed by atoms with E-state index in [-0.39, 0.29) is 5.70 Å². The fraction of sp³-hybridized carbons (Fsp3) is 0.333. The maximum Gasteiger partial charge on any atom is 0.417 e. The van der Waals surface area contributed by atoms with Gasteiger partial charge in [-0.05, 0) is 48.5 Å². The summed E-state index contributed by atoms with van der Waals surface area (Å²) in [5, 5.41) is 10.8. The molecule has 1 aliphatic rings. The molecule has 3 N–H and O–H groups in total. The largest absolute Gasteiger partial charge is 0.417 e. The summed E-state index contributed by atoms with van der Waals surface area (Å²) < 4.78 is 42.1. The lowest BCUT2D eigenvalue weighted by atomic mass is 9.81. The molecule has 0 saturated heterocycles. The first-order valence-electron chi connectivity index (χ1n) is 11.9. The van der Waals surface area contributed by atoms with Gasteiger partial charge in [0.1, 0.15) is 0 Å². The van der Waals surface area contributed by atoms with Crippen LogP contribution >= 0.6 is 0 Å². The third-order valence-corrected chi connectivity index (χ3v) is 5.54. The van der Waals surface area contributed by atoms with Crippen molar-refractivity contribution in [1.29, 1.82) is 0 Å². The predicted molar refractivity (Wildman–Crippen MR) is 142 cm³/mol. The summed E-state index contributed by atoms with van der Waals surface area (Å²) in [6.45, 7) is 11.1. The molecular formula is C30H38F3NO. The molecule has 1 aliphatic carbocycles. The fourth-order valence-corrected chi connectivity index (χ4v) is 3.85. The highest BCUT2D eigenvalue weighted by molar-refractivity contribution is 5.76. The molecule has 0 spiro atoms. The minimum Gasteiger partial charge on any atom is -0.402 e. The molecule has 190 valence electrons. The van der Waals surface area contributed by atoms with Gasteiger partial charge in [0.05, 0.1) is 0 Å². The van der Waals surface area contributed by atoms with Crippen LogP contribution in [0.2, 0.25) is 0 Å². The molecule has 2 atom stereocenters. The number of allylic oxidation sites excluding steroid dienone is 12. The third-order valence-electron chi connectivity index (χ3n) is 5.54. The summed E-state index contributed by atoms with van der Waals surface area (Å²) >= 11 is 0. The quantitative estimate of drug-likeness (QED) is 0.346. The van der Waals surface area contributed by atoms with Gasteiger partial charge in [0.2, 0.25) is 0 Å². The highest BCUT2D eigenvalue weighted by Gasteiger charge is 2.54. The summed E-state index contributed by atoms with van der Waals surface area (Å²) in [6.07, 6.45) is 10.2. The second-order valence-corrected chi connectivity index (χ2v) is 8.27. The minimum absolute atomic E-state index is 0.0483. The van der Waals surface area contributed by atoms with Crippen molar-refractivity contribution < 1.29 is 18.3 Å². The van der Waals surface area contributed by atoms with E-state index >= 15 is 0 Å². The first-order valence-corrected chi connectivity index (χ1v) is 11.9. The van der Waals surface area contributed by atoms with Gasteiger partial charge in [0.25, 0.3) is 0 Å². The Morgan fingerprint density at radius 3 is 2.43 bits per heavy atom. The maximum absolute atomic E-state index is 14.0. The van der Waals surface area contributed by atoms with Gasteiger partial charge in [0.15, 0.2) is 5.60 Å². The lowest BCUT2D eigenvalue weighted by molar-refractivity contribution is -0.264. The maximum atomic E-state index is 14.0. The number of rotatable bonds is 9. The van der Waals surface area contributed by atoms with E-state index in [9.17, 15) is 18.3 Å². The third kappa shape index (κ3) is 9.25. The Kier molecular flexibility index (Phi) is 12.3. The van der Waals surface area contributed by atoms with Crippen LogP contribution in [0.15, 0.2) is 108 Å². The summed E-state index contributed by atoms with van der Waals surface area (Å²) in [4.78, 5) is 0. The molecule has 0 aromatic heterocycles. The predicted octanol–water partition coefficient (Wildman–Crippen LogP) is 8.22. The summed E-state index contributed by atoms with van der Waals surface area (Å²) in [7, 11) is 0. The zero-order valence-corrected chi connectivity index (χ0v) is 21.1. The monoisotopic (exact) mass is 485 g/mol. The highest BCUT2D eigenvalue weighted by atomic mass is 19.4. The Labute approximate surface area is 208 Å². The van der Waals surface area contributed by atoms with Crippen molar-refractivity contribution in [3.8, 4) is 0 Å². The Morgan fingerprint density at radius 2 is 1.86 bits per heavy atom. The number of halogens is 3. The smallest absolute Gasteiger partial charge is 0.402 e. The molecule has 2 nitrogen and oxygen atoms in total. The van der Waals surface area contributed by atoms with Crippen LogP contribution in [-0.4, -0.2) is 16.9 Å². The van der Waals surface area contributed by atoms with Gasteiger partial charge in [-0.1, -0.05) is 112 Å². The fourth-order valence-electron chi connectivity index (χ4n) is 3.85. The van der Waals surface area contributed by atoms with Crippen LogP contribution < -0.4 is 5.73 Å². The van der Waals surface area contributed by atoms with Crippen LogP contribution in [0.4, 0.5) is 13.2 Å². The van der Waals surface area contributed by atoms with Gasteiger partial charge >= 0.3 is 6.18 Å². The van der Waals surface area contributed by atoms with Crippen molar-refractivity contribution in [2.24, 2.45) is 11.7 Å². The van der Waals surface area contributed by atoms with Crippen molar-refractivity contribution in [2.45, 2.75) is 58.7 Å². The minimum atomic E-state index is -4.83. The topological polar surface area (TPSA) is 46.2 Å². The average Bonchev–Trinajstić information content (AvgIpc) is 3.07. The van der Waals surface area contributed by atoms with E-state index in [1.165, 1.54) is 12.2 Å². The number of benzene rings is 1. The molecule has 35 heavy (non-hydrogen) atoms. The van der Waals surface area contributed by atoms with E-state index in [2.05, 4.69) is 6.58 Å². The normalized spacial score (nSPS) is 17.5. The van der Waals surface area contributed by atoms with Crippen LogP contribution in [0.5, 0.6) is 0 Å². The zero-order valence-electron chi connectivity index (χ0n) is 21.1. The van der Waals surface area contributed by atoms with Gasteiger partial charge in [-0.15, -0.1) is 0 Å². The average molecular weight is 486 g/mol. The number of hydrogen-bond acceptors (Lipinski definition) is 2. The first kappa shape index (κ1) is 30.0. The molecule has 2 unspecified atom stereocenters. The molecule has 0 aliphatic heterocycles. The molecule has 1 aromatic rings. The van der Waals surface area contributed by atoms with E-state index in [0.717, 1.165) is 16.7 Å². The van der Waals surface area contributed by atoms with Gasteiger partial charge in [-0.3, -0.25) is 0 Å². The second kappa shape index (κ2) is 14.4. The molecular weight excluding hydrogens is 447 g/mol. The van der Waals surface area contributed by atoms with Crippen LogP contribution in [0, 0.1) is 5.92 Å². The number of hydrogen-bond donors (Lipinski definition) is 2. The SMILES string of the molecule is C=C/C=C(\C=C/C)/C=C(\N)CC(O)(CC(C)C1=CC(c2ccccc2)=CC=CC1)C(F)(F)F.CC.